The van der Waals surface area contributed by atoms with Gasteiger partial charge in [0.25, 0.3) is 0 Å². The first-order valence-corrected chi connectivity index (χ1v) is 6.46. The first-order chi connectivity index (χ1) is 9.77. The zero-order chi connectivity index (χ0) is 14.6. The molecule has 0 aromatic heterocycles. The van der Waals surface area contributed by atoms with E-state index in [0.717, 1.165) is 5.69 Å². The number of carbonyl (C=O) groups is 1. The Kier molecular flexibility index (Phi) is 8.37. The highest BCUT2D eigenvalue weighted by molar-refractivity contribution is 5.89. The van der Waals surface area contributed by atoms with Crippen molar-refractivity contribution in [2.75, 3.05) is 52.0 Å². The van der Waals surface area contributed by atoms with Crippen molar-refractivity contribution in [1.29, 1.82) is 0 Å². The second kappa shape index (κ2) is 10.2. The van der Waals surface area contributed by atoms with Crippen LogP contribution in [0.3, 0.4) is 0 Å². The monoisotopic (exact) mass is 283 g/mol. The molecule has 0 fully saturated rings. The van der Waals surface area contributed by atoms with E-state index in [9.17, 15) is 4.79 Å². The van der Waals surface area contributed by atoms with E-state index in [4.69, 9.17) is 14.6 Å². The van der Waals surface area contributed by atoms with Crippen molar-refractivity contribution in [3.05, 3.63) is 29.8 Å². The van der Waals surface area contributed by atoms with Crippen LogP contribution >= 0.6 is 0 Å². The van der Waals surface area contributed by atoms with E-state index in [1.807, 2.05) is 12.1 Å². The average molecular weight is 283 g/mol. The molecule has 112 valence electrons. The summed E-state index contributed by atoms with van der Waals surface area (Å²) in [7, 11) is 1.36. The maximum Gasteiger partial charge on any atom is 0.337 e. The van der Waals surface area contributed by atoms with Crippen LogP contribution in [0.5, 0.6) is 0 Å². The summed E-state index contributed by atoms with van der Waals surface area (Å²) < 4.78 is 15.0. The maximum absolute atomic E-state index is 11.2. The van der Waals surface area contributed by atoms with Crippen LogP contribution in [0.1, 0.15) is 10.4 Å². The number of aliphatic hydroxyl groups is 1. The van der Waals surface area contributed by atoms with Gasteiger partial charge < -0.3 is 24.6 Å². The number of anilines is 1. The zero-order valence-corrected chi connectivity index (χ0v) is 11.6. The van der Waals surface area contributed by atoms with Crippen LogP contribution in [-0.2, 0) is 14.2 Å². The van der Waals surface area contributed by atoms with Gasteiger partial charge in [-0.3, -0.25) is 0 Å². The first-order valence-electron chi connectivity index (χ1n) is 6.46. The summed E-state index contributed by atoms with van der Waals surface area (Å²) in [5.74, 6) is -0.345. The molecule has 6 nitrogen and oxygen atoms in total. The molecule has 1 rings (SSSR count). The van der Waals surface area contributed by atoms with E-state index in [2.05, 4.69) is 10.1 Å². The van der Waals surface area contributed by atoms with Crippen LogP contribution in [0.4, 0.5) is 5.69 Å². The lowest BCUT2D eigenvalue weighted by molar-refractivity contribution is 0.0361. The summed E-state index contributed by atoms with van der Waals surface area (Å²) in [5, 5.41) is 11.7. The molecule has 0 aliphatic carbocycles. The summed E-state index contributed by atoms with van der Waals surface area (Å²) in [6.45, 7) is 2.58. The van der Waals surface area contributed by atoms with Gasteiger partial charge in [0, 0.05) is 12.2 Å². The van der Waals surface area contributed by atoms with Crippen molar-refractivity contribution in [2.45, 2.75) is 0 Å². The lowest BCUT2D eigenvalue weighted by atomic mass is 10.2. The zero-order valence-electron chi connectivity index (χ0n) is 11.6. The quantitative estimate of drug-likeness (QED) is 0.491. The highest BCUT2D eigenvalue weighted by atomic mass is 16.5. The Labute approximate surface area is 118 Å². The third-order valence-electron chi connectivity index (χ3n) is 2.49. The van der Waals surface area contributed by atoms with Gasteiger partial charge in [-0.25, -0.2) is 4.79 Å². The smallest absolute Gasteiger partial charge is 0.337 e. The predicted octanol–water partition coefficient (Wildman–Crippen LogP) is 0.911. The molecule has 0 amide bonds. The third kappa shape index (κ3) is 6.51. The molecule has 0 saturated carbocycles. The van der Waals surface area contributed by atoms with E-state index in [-0.39, 0.29) is 12.6 Å². The van der Waals surface area contributed by atoms with E-state index >= 15 is 0 Å². The minimum atomic E-state index is -0.345. The van der Waals surface area contributed by atoms with Crippen LogP contribution in [0.2, 0.25) is 0 Å². The average Bonchev–Trinajstić information content (AvgIpc) is 2.50. The number of nitrogens with one attached hydrogen (secondary N) is 1. The lowest BCUT2D eigenvalue weighted by Crippen LogP contribution is -2.13. The molecule has 1 aromatic carbocycles. The Morgan fingerprint density at radius 1 is 1.10 bits per heavy atom. The molecule has 0 unspecified atom stereocenters. The molecule has 0 radical (unpaired) electrons. The molecule has 20 heavy (non-hydrogen) atoms. The number of esters is 1. The number of hydrogen-bond donors (Lipinski definition) is 2. The maximum atomic E-state index is 11.2. The normalized spacial score (nSPS) is 10.3. The standard InChI is InChI=1S/C14H21NO5/c1-18-14(17)12-2-4-13(5-3-12)15-6-8-19-10-11-20-9-7-16/h2-5,15-16H,6-11H2,1H3. The third-order valence-corrected chi connectivity index (χ3v) is 2.49. The van der Waals surface area contributed by atoms with Crippen molar-refractivity contribution in [1.82, 2.24) is 0 Å². The van der Waals surface area contributed by atoms with Crippen LogP contribution in [-0.4, -0.2) is 57.8 Å². The molecule has 0 heterocycles. The molecular weight excluding hydrogens is 262 g/mol. The lowest BCUT2D eigenvalue weighted by Gasteiger charge is -2.08. The van der Waals surface area contributed by atoms with E-state index in [0.29, 0.717) is 38.5 Å². The molecule has 0 aliphatic heterocycles. The number of hydrogen-bond acceptors (Lipinski definition) is 6. The summed E-state index contributed by atoms with van der Waals surface area (Å²) in [6.07, 6.45) is 0. The number of aliphatic hydroxyl groups excluding tert-OH is 1. The Morgan fingerprint density at radius 3 is 2.35 bits per heavy atom. The highest BCUT2D eigenvalue weighted by Crippen LogP contribution is 2.09. The van der Waals surface area contributed by atoms with Crippen LogP contribution in [0.25, 0.3) is 0 Å². The second-order valence-electron chi connectivity index (χ2n) is 3.94. The number of ether oxygens (including phenoxy) is 3. The SMILES string of the molecule is COC(=O)c1ccc(NCCOCCOCCO)cc1. The molecular formula is C14H21NO5. The van der Waals surface area contributed by atoms with Gasteiger partial charge in [-0.05, 0) is 24.3 Å². The number of benzene rings is 1. The molecule has 0 saturated heterocycles. The Balaban J connectivity index is 2.11. The minimum absolute atomic E-state index is 0.0309. The Hall–Kier alpha value is -1.63. The van der Waals surface area contributed by atoms with Crippen molar-refractivity contribution in [3.63, 3.8) is 0 Å². The summed E-state index contributed by atoms with van der Waals surface area (Å²) in [4.78, 5) is 11.2. The molecule has 2 N–H and O–H groups in total. The Morgan fingerprint density at radius 2 is 1.75 bits per heavy atom. The fraction of sp³-hybridized carbons (Fsp3) is 0.500. The predicted molar refractivity (Wildman–Crippen MR) is 75.0 cm³/mol. The topological polar surface area (TPSA) is 77.0 Å². The van der Waals surface area contributed by atoms with Gasteiger partial charge in [0.05, 0.1) is 45.7 Å². The summed E-state index contributed by atoms with van der Waals surface area (Å²) >= 11 is 0. The van der Waals surface area contributed by atoms with Gasteiger partial charge in [-0.2, -0.15) is 0 Å². The fourth-order valence-electron chi connectivity index (χ4n) is 1.50. The largest absolute Gasteiger partial charge is 0.465 e. The minimum Gasteiger partial charge on any atom is -0.465 e. The fourth-order valence-corrected chi connectivity index (χ4v) is 1.50. The number of rotatable bonds is 10. The van der Waals surface area contributed by atoms with Crippen molar-refractivity contribution < 1.29 is 24.1 Å². The first kappa shape index (κ1) is 16.4. The Bertz CT molecular complexity index is 380. The van der Waals surface area contributed by atoms with Crippen LogP contribution in [0.15, 0.2) is 24.3 Å². The van der Waals surface area contributed by atoms with Gasteiger partial charge in [0.2, 0.25) is 0 Å². The van der Waals surface area contributed by atoms with Gasteiger partial charge in [0.1, 0.15) is 0 Å². The van der Waals surface area contributed by atoms with Crippen LogP contribution < -0.4 is 5.32 Å². The van der Waals surface area contributed by atoms with E-state index < -0.39 is 0 Å². The highest BCUT2D eigenvalue weighted by Gasteiger charge is 2.03. The van der Waals surface area contributed by atoms with E-state index in [1.54, 1.807) is 12.1 Å². The second-order valence-corrected chi connectivity index (χ2v) is 3.94. The van der Waals surface area contributed by atoms with E-state index in [1.165, 1.54) is 7.11 Å². The molecule has 0 aliphatic rings. The van der Waals surface area contributed by atoms with Crippen molar-refractivity contribution >= 4 is 11.7 Å². The number of carbonyl (C=O) groups excluding carboxylic acids is 1. The molecule has 0 atom stereocenters. The van der Waals surface area contributed by atoms with Crippen LogP contribution in [0, 0.1) is 0 Å². The summed E-state index contributed by atoms with van der Waals surface area (Å²) in [5.41, 5.74) is 1.44. The van der Waals surface area contributed by atoms with Gasteiger partial charge >= 0.3 is 5.97 Å². The van der Waals surface area contributed by atoms with Crippen molar-refractivity contribution in [3.8, 4) is 0 Å². The molecule has 0 spiro atoms. The molecule has 1 aromatic rings. The van der Waals surface area contributed by atoms with Gasteiger partial charge in [-0.15, -0.1) is 0 Å². The van der Waals surface area contributed by atoms with Gasteiger partial charge in [0.15, 0.2) is 0 Å². The van der Waals surface area contributed by atoms with Crippen molar-refractivity contribution in [2.24, 2.45) is 0 Å². The summed E-state index contributed by atoms with van der Waals surface area (Å²) in [6, 6.07) is 7.04. The molecule has 0 bridgehead atoms. The van der Waals surface area contributed by atoms with Gasteiger partial charge in [-0.1, -0.05) is 0 Å². The number of methoxy groups -OCH3 is 1. The molecule has 6 heteroatoms.